The molecule has 1 aromatic rings. The molecule has 0 aromatic heterocycles. The van der Waals surface area contributed by atoms with Crippen LogP contribution in [-0.4, -0.2) is 41.7 Å². The number of rotatable bonds is 5. The Morgan fingerprint density at radius 1 is 1.56 bits per heavy atom. The van der Waals surface area contributed by atoms with E-state index in [-0.39, 0.29) is 24.7 Å². The highest BCUT2D eigenvalue weighted by molar-refractivity contribution is 6.27. The van der Waals surface area contributed by atoms with Crippen LogP contribution in [0.4, 0.5) is 0 Å². The van der Waals surface area contributed by atoms with Crippen LogP contribution in [0.1, 0.15) is 15.9 Å². The molecule has 0 aliphatic carbocycles. The first kappa shape index (κ1) is 12.5. The monoisotopic (exact) mass is 223 g/mol. The van der Waals surface area contributed by atoms with Gasteiger partial charge in [0.15, 0.2) is 0 Å². The summed E-state index contributed by atoms with van der Waals surface area (Å²) in [6.45, 7) is 0. The van der Waals surface area contributed by atoms with Crippen molar-refractivity contribution in [2.24, 2.45) is 0 Å². The molecular weight excluding hydrogens is 209 g/mol. The van der Waals surface area contributed by atoms with Gasteiger partial charge in [0, 0.05) is 5.94 Å². The van der Waals surface area contributed by atoms with Crippen LogP contribution in [0.15, 0.2) is 18.2 Å². The molecule has 0 saturated heterocycles. The van der Waals surface area contributed by atoms with Crippen LogP contribution < -0.4 is 5.32 Å². The minimum Gasteiger partial charge on any atom is -0.507 e. The van der Waals surface area contributed by atoms with E-state index in [2.05, 4.69) is 5.32 Å². The second-order valence-corrected chi connectivity index (χ2v) is 3.49. The van der Waals surface area contributed by atoms with Crippen LogP contribution >= 0.6 is 0 Å². The van der Waals surface area contributed by atoms with Gasteiger partial charge < -0.3 is 20.6 Å². The van der Waals surface area contributed by atoms with Gasteiger partial charge in [0.25, 0.3) is 7.48 Å². The predicted octanol–water partition coefficient (Wildman–Crippen LogP) is -0.478. The SMILES string of the molecule is CNC(BO)Cc1cccc(C(=O)O)c1O. The van der Waals surface area contributed by atoms with Crippen molar-refractivity contribution >= 4 is 13.5 Å². The average Bonchev–Trinajstić information content (AvgIpc) is 2.27. The topological polar surface area (TPSA) is 89.8 Å². The van der Waals surface area contributed by atoms with Crippen molar-refractivity contribution < 1.29 is 20.0 Å². The van der Waals surface area contributed by atoms with E-state index < -0.39 is 5.97 Å². The number of para-hydroxylation sites is 1. The van der Waals surface area contributed by atoms with Crippen molar-refractivity contribution in [3.63, 3.8) is 0 Å². The third-order valence-electron chi connectivity index (χ3n) is 2.44. The van der Waals surface area contributed by atoms with E-state index in [0.717, 1.165) is 0 Å². The number of aromatic carboxylic acids is 1. The molecular formula is C10H14BNO4. The molecule has 0 aliphatic heterocycles. The minimum absolute atomic E-state index is 0.0762. The number of likely N-dealkylation sites (N-methyl/N-ethyl adjacent to an activating group) is 1. The third-order valence-corrected chi connectivity index (χ3v) is 2.44. The van der Waals surface area contributed by atoms with E-state index >= 15 is 0 Å². The van der Waals surface area contributed by atoms with Gasteiger partial charge in [-0.05, 0) is 25.1 Å². The first-order chi connectivity index (χ1) is 7.60. The molecule has 0 aliphatic rings. The Hall–Kier alpha value is -1.53. The zero-order valence-electron chi connectivity index (χ0n) is 8.97. The Balaban J connectivity index is 2.97. The zero-order chi connectivity index (χ0) is 12.1. The lowest BCUT2D eigenvalue weighted by Gasteiger charge is -2.13. The highest BCUT2D eigenvalue weighted by Crippen LogP contribution is 2.23. The van der Waals surface area contributed by atoms with Gasteiger partial charge >= 0.3 is 5.97 Å². The number of carbonyl (C=O) groups is 1. The van der Waals surface area contributed by atoms with Crippen molar-refractivity contribution in [2.45, 2.75) is 12.4 Å². The van der Waals surface area contributed by atoms with E-state index in [1.807, 2.05) is 0 Å². The van der Waals surface area contributed by atoms with Gasteiger partial charge in [0.1, 0.15) is 11.3 Å². The summed E-state index contributed by atoms with van der Waals surface area (Å²) in [5.74, 6) is -1.59. The van der Waals surface area contributed by atoms with Gasteiger partial charge in [-0.2, -0.15) is 0 Å². The first-order valence-electron chi connectivity index (χ1n) is 4.92. The Labute approximate surface area is 94.0 Å². The molecule has 0 bridgehead atoms. The molecule has 86 valence electrons. The maximum absolute atomic E-state index is 10.8. The molecule has 1 aromatic carbocycles. The Morgan fingerprint density at radius 2 is 2.25 bits per heavy atom. The van der Waals surface area contributed by atoms with Crippen molar-refractivity contribution in [3.05, 3.63) is 29.3 Å². The first-order valence-corrected chi connectivity index (χ1v) is 4.92. The van der Waals surface area contributed by atoms with E-state index in [9.17, 15) is 9.90 Å². The molecule has 0 heterocycles. The summed E-state index contributed by atoms with van der Waals surface area (Å²) in [4.78, 5) is 10.8. The van der Waals surface area contributed by atoms with Crippen molar-refractivity contribution in [1.82, 2.24) is 5.32 Å². The number of carboxylic acids is 1. The van der Waals surface area contributed by atoms with Crippen LogP contribution in [0.5, 0.6) is 5.75 Å². The lowest BCUT2D eigenvalue weighted by atomic mass is 9.83. The molecule has 5 nitrogen and oxygen atoms in total. The van der Waals surface area contributed by atoms with Crippen LogP contribution in [-0.2, 0) is 6.42 Å². The smallest absolute Gasteiger partial charge is 0.339 e. The summed E-state index contributed by atoms with van der Waals surface area (Å²) in [6, 6.07) is 4.55. The summed E-state index contributed by atoms with van der Waals surface area (Å²) in [5.41, 5.74) is 0.388. The van der Waals surface area contributed by atoms with Crippen LogP contribution in [0.2, 0.25) is 0 Å². The quantitative estimate of drug-likeness (QED) is 0.506. The summed E-state index contributed by atoms with van der Waals surface area (Å²) in [7, 11) is 1.62. The van der Waals surface area contributed by atoms with E-state index in [4.69, 9.17) is 10.1 Å². The highest BCUT2D eigenvalue weighted by atomic mass is 16.4. The van der Waals surface area contributed by atoms with Gasteiger partial charge in [0.05, 0.1) is 0 Å². The number of hydrogen-bond acceptors (Lipinski definition) is 4. The van der Waals surface area contributed by atoms with Crippen LogP contribution in [0, 0.1) is 0 Å². The summed E-state index contributed by atoms with van der Waals surface area (Å²) in [5, 5.41) is 30.4. The van der Waals surface area contributed by atoms with Crippen molar-refractivity contribution in [3.8, 4) is 5.75 Å². The lowest BCUT2D eigenvalue weighted by Crippen LogP contribution is -2.33. The number of benzene rings is 1. The van der Waals surface area contributed by atoms with E-state index in [0.29, 0.717) is 12.0 Å². The van der Waals surface area contributed by atoms with Crippen LogP contribution in [0.25, 0.3) is 0 Å². The Morgan fingerprint density at radius 3 is 2.75 bits per heavy atom. The number of carboxylic acid groups (broad SMARTS) is 1. The maximum atomic E-state index is 10.8. The number of phenols is 1. The summed E-state index contributed by atoms with van der Waals surface area (Å²) >= 11 is 0. The molecule has 1 rings (SSSR count). The Bertz CT molecular complexity index is 379. The molecule has 0 radical (unpaired) electrons. The fraction of sp³-hybridized carbons (Fsp3) is 0.300. The molecule has 4 N–H and O–H groups in total. The molecule has 16 heavy (non-hydrogen) atoms. The van der Waals surface area contributed by atoms with E-state index in [1.54, 1.807) is 19.2 Å². The largest absolute Gasteiger partial charge is 0.507 e. The molecule has 1 atom stereocenters. The second-order valence-electron chi connectivity index (χ2n) is 3.49. The Kier molecular flexibility index (Phi) is 4.33. The average molecular weight is 223 g/mol. The maximum Gasteiger partial charge on any atom is 0.339 e. The predicted molar refractivity (Wildman–Crippen MR) is 61.0 cm³/mol. The normalized spacial score (nSPS) is 12.1. The number of aromatic hydroxyl groups is 1. The van der Waals surface area contributed by atoms with Gasteiger partial charge in [-0.3, -0.25) is 0 Å². The number of hydrogen-bond donors (Lipinski definition) is 4. The third kappa shape index (κ3) is 2.74. The van der Waals surface area contributed by atoms with Gasteiger partial charge in [-0.1, -0.05) is 12.1 Å². The number of nitrogens with one attached hydrogen (secondary N) is 1. The second kappa shape index (κ2) is 5.53. The zero-order valence-corrected chi connectivity index (χ0v) is 8.97. The fourth-order valence-electron chi connectivity index (χ4n) is 1.45. The molecule has 0 saturated carbocycles. The van der Waals surface area contributed by atoms with Crippen molar-refractivity contribution in [2.75, 3.05) is 7.05 Å². The summed E-state index contributed by atoms with van der Waals surface area (Å²) in [6.07, 6.45) is 0.375. The summed E-state index contributed by atoms with van der Waals surface area (Å²) < 4.78 is 0. The standard InChI is InChI=1S/C10H14BNO4/c1-12-8(11-16)5-6-3-2-4-7(9(6)13)10(14)15/h2-4,8,11-13,16H,5H2,1H3,(H,14,15). The van der Waals surface area contributed by atoms with Gasteiger partial charge in [0.2, 0.25) is 0 Å². The van der Waals surface area contributed by atoms with Gasteiger partial charge in [-0.25, -0.2) is 4.79 Å². The molecule has 0 amide bonds. The molecule has 0 spiro atoms. The minimum atomic E-state index is -1.16. The van der Waals surface area contributed by atoms with Gasteiger partial charge in [-0.15, -0.1) is 0 Å². The highest BCUT2D eigenvalue weighted by Gasteiger charge is 2.15. The fourth-order valence-corrected chi connectivity index (χ4v) is 1.45. The lowest BCUT2D eigenvalue weighted by molar-refractivity contribution is 0.0693. The van der Waals surface area contributed by atoms with E-state index in [1.165, 1.54) is 6.07 Å². The van der Waals surface area contributed by atoms with Crippen LogP contribution in [0.3, 0.4) is 0 Å². The molecule has 6 heteroatoms. The van der Waals surface area contributed by atoms with Crippen molar-refractivity contribution in [1.29, 1.82) is 0 Å². The molecule has 1 unspecified atom stereocenters. The molecule has 0 fully saturated rings.